The number of hydrogen-bond acceptors (Lipinski definition) is 3. The molecule has 1 heterocycles. The molecule has 3 nitrogen and oxygen atoms in total. The van der Waals surface area contributed by atoms with Gasteiger partial charge in [0.1, 0.15) is 17.3 Å². The smallest absolute Gasteiger partial charge is 0.301 e. The molecule has 1 fully saturated rings. The molecule has 1 aliphatic rings. The van der Waals surface area contributed by atoms with Crippen molar-refractivity contribution in [1.29, 1.82) is 0 Å². The van der Waals surface area contributed by atoms with Crippen LogP contribution < -0.4 is 5.32 Å². The Morgan fingerprint density at radius 2 is 1.96 bits per heavy atom. The summed E-state index contributed by atoms with van der Waals surface area (Å²) in [6.45, 7) is 0.333. The van der Waals surface area contributed by atoms with Gasteiger partial charge in [-0.05, 0) is 36.6 Å². The number of halogens is 5. The molecule has 0 radical (unpaired) electrons. The molecule has 1 aromatic carbocycles. The van der Waals surface area contributed by atoms with E-state index in [4.69, 9.17) is 11.6 Å². The number of benzene rings is 1. The summed E-state index contributed by atoms with van der Waals surface area (Å²) >= 11 is 5.71. The van der Waals surface area contributed by atoms with E-state index in [1.54, 1.807) is 6.07 Å². The predicted molar refractivity (Wildman–Crippen MR) is 76.2 cm³/mol. The second kappa shape index (κ2) is 5.72. The number of nitrogens with zero attached hydrogens (tertiary/aromatic N) is 2. The van der Waals surface area contributed by atoms with Crippen LogP contribution in [0.2, 0.25) is 5.02 Å². The van der Waals surface area contributed by atoms with Gasteiger partial charge in [-0.1, -0.05) is 17.7 Å². The van der Waals surface area contributed by atoms with Crippen molar-refractivity contribution in [3.63, 3.8) is 0 Å². The topological polar surface area (TPSA) is 37.8 Å². The van der Waals surface area contributed by atoms with Crippen LogP contribution in [-0.2, 0) is 18.3 Å². The SMILES string of the molecule is Fc1ccc(CNC2(c3nccc(C(F)(F)F)n3)CC2)cc1Cl. The maximum Gasteiger partial charge on any atom is 0.433 e. The first-order chi connectivity index (χ1) is 10.8. The Balaban J connectivity index is 1.76. The Bertz CT molecular complexity index is 729. The summed E-state index contributed by atoms with van der Waals surface area (Å²) in [5.41, 5.74) is -0.891. The van der Waals surface area contributed by atoms with E-state index in [1.807, 2.05) is 0 Å². The molecular formula is C15H12ClF4N3. The highest BCUT2D eigenvalue weighted by Crippen LogP contribution is 2.44. The molecule has 0 atom stereocenters. The molecule has 0 saturated heterocycles. The molecule has 2 aromatic rings. The van der Waals surface area contributed by atoms with Crippen molar-refractivity contribution in [2.24, 2.45) is 0 Å². The summed E-state index contributed by atoms with van der Waals surface area (Å²) < 4.78 is 51.4. The highest BCUT2D eigenvalue weighted by molar-refractivity contribution is 6.30. The van der Waals surface area contributed by atoms with Crippen molar-refractivity contribution in [1.82, 2.24) is 15.3 Å². The maximum atomic E-state index is 13.1. The number of hydrogen-bond donors (Lipinski definition) is 1. The third kappa shape index (κ3) is 3.45. The standard InChI is InChI=1S/C15H12ClF4N3/c16-10-7-9(1-2-11(10)17)8-22-14(4-5-14)13-21-6-3-12(23-13)15(18,19)20/h1-3,6-7,22H,4-5,8H2. The van der Waals surface area contributed by atoms with Crippen molar-refractivity contribution >= 4 is 11.6 Å². The minimum absolute atomic E-state index is 0.00413. The summed E-state index contributed by atoms with van der Waals surface area (Å²) in [5, 5.41) is 3.16. The van der Waals surface area contributed by atoms with Crippen molar-refractivity contribution in [3.05, 3.63) is 58.4 Å². The zero-order chi connectivity index (χ0) is 16.7. The van der Waals surface area contributed by atoms with E-state index >= 15 is 0 Å². The molecule has 1 N–H and O–H groups in total. The van der Waals surface area contributed by atoms with Crippen LogP contribution in [0.15, 0.2) is 30.5 Å². The van der Waals surface area contributed by atoms with Gasteiger partial charge in [0.2, 0.25) is 0 Å². The summed E-state index contributed by atoms with van der Waals surface area (Å²) in [7, 11) is 0. The second-order valence-electron chi connectivity index (χ2n) is 5.45. The van der Waals surface area contributed by atoms with Crippen LogP contribution in [0.4, 0.5) is 17.6 Å². The quantitative estimate of drug-likeness (QED) is 0.849. The lowest BCUT2D eigenvalue weighted by Crippen LogP contribution is -2.31. The molecule has 0 aliphatic heterocycles. The Morgan fingerprint density at radius 1 is 1.22 bits per heavy atom. The van der Waals surface area contributed by atoms with E-state index in [-0.39, 0.29) is 10.8 Å². The maximum absolute atomic E-state index is 13.1. The molecule has 0 amide bonds. The first-order valence-corrected chi connectivity index (χ1v) is 7.28. The van der Waals surface area contributed by atoms with E-state index in [0.717, 1.165) is 17.8 Å². The third-order valence-electron chi connectivity index (χ3n) is 3.74. The van der Waals surface area contributed by atoms with Crippen LogP contribution in [0.25, 0.3) is 0 Å². The van der Waals surface area contributed by atoms with Crippen LogP contribution in [0.3, 0.4) is 0 Å². The van der Waals surface area contributed by atoms with E-state index in [2.05, 4.69) is 15.3 Å². The van der Waals surface area contributed by atoms with E-state index < -0.39 is 23.2 Å². The fraction of sp³-hybridized carbons (Fsp3) is 0.333. The molecule has 8 heteroatoms. The highest BCUT2D eigenvalue weighted by atomic mass is 35.5. The molecule has 3 rings (SSSR count). The lowest BCUT2D eigenvalue weighted by Gasteiger charge is -2.17. The molecule has 1 aliphatic carbocycles. The fourth-order valence-electron chi connectivity index (χ4n) is 2.27. The lowest BCUT2D eigenvalue weighted by molar-refractivity contribution is -0.141. The molecular weight excluding hydrogens is 334 g/mol. The average molecular weight is 346 g/mol. The minimum Gasteiger partial charge on any atom is -0.301 e. The number of aromatic nitrogens is 2. The molecule has 0 spiro atoms. The van der Waals surface area contributed by atoms with Gasteiger partial charge in [-0.15, -0.1) is 0 Å². The monoisotopic (exact) mass is 345 g/mol. The molecule has 122 valence electrons. The Labute approximate surface area is 134 Å². The van der Waals surface area contributed by atoms with Gasteiger partial charge >= 0.3 is 6.18 Å². The van der Waals surface area contributed by atoms with Crippen LogP contribution in [-0.4, -0.2) is 9.97 Å². The minimum atomic E-state index is -4.50. The predicted octanol–water partition coefficient (Wildman–Crippen LogP) is 4.07. The van der Waals surface area contributed by atoms with Gasteiger partial charge in [-0.25, -0.2) is 14.4 Å². The Kier molecular flexibility index (Phi) is 4.01. The molecule has 23 heavy (non-hydrogen) atoms. The highest BCUT2D eigenvalue weighted by Gasteiger charge is 2.47. The van der Waals surface area contributed by atoms with Crippen LogP contribution in [0.5, 0.6) is 0 Å². The van der Waals surface area contributed by atoms with Gasteiger partial charge in [0, 0.05) is 12.7 Å². The van der Waals surface area contributed by atoms with Gasteiger partial charge in [-0.3, -0.25) is 0 Å². The summed E-state index contributed by atoms with van der Waals surface area (Å²) in [5.74, 6) is -0.390. The fourth-order valence-corrected chi connectivity index (χ4v) is 2.48. The van der Waals surface area contributed by atoms with Crippen molar-refractivity contribution < 1.29 is 17.6 Å². The van der Waals surface area contributed by atoms with Gasteiger partial charge in [-0.2, -0.15) is 13.2 Å². The van der Waals surface area contributed by atoms with Crippen molar-refractivity contribution in [2.45, 2.75) is 31.1 Å². The normalized spacial score (nSPS) is 16.4. The number of rotatable bonds is 4. The van der Waals surface area contributed by atoms with Gasteiger partial charge in [0.25, 0.3) is 0 Å². The van der Waals surface area contributed by atoms with E-state index in [0.29, 0.717) is 19.4 Å². The Morgan fingerprint density at radius 3 is 2.57 bits per heavy atom. The van der Waals surface area contributed by atoms with Crippen LogP contribution in [0.1, 0.15) is 29.9 Å². The van der Waals surface area contributed by atoms with Crippen molar-refractivity contribution in [3.8, 4) is 0 Å². The lowest BCUT2D eigenvalue weighted by atomic mass is 10.1. The average Bonchev–Trinajstić information content (AvgIpc) is 3.29. The zero-order valence-electron chi connectivity index (χ0n) is 11.8. The first kappa shape index (κ1) is 16.1. The van der Waals surface area contributed by atoms with E-state index in [1.165, 1.54) is 12.1 Å². The summed E-state index contributed by atoms with van der Waals surface area (Å²) in [4.78, 5) is 7.61. The van der Waals surface area contributed by atoms with Crippen LogP contribution in [0, 0.1) is 5.82 Å². The largest absolute Gasteiger partial charge is 0.433 e. The van der Waals surface area contributed by atoms with Gasteiger partial charge in [0.05, 0.1) is 10.6 Å². The van der Waals surface area contributed by atoms with E-state index in [9.17, 15) is 17.6 Å². The molecule has 1 saturated carbocycles. The van der Waals surface area contributed by atoms with Gasteiger partial charge < -0.3 is 5.32 Å². The zero-order valence-corrected chi connectivity index (χ0v) is 12.5. The number of nitrogens with one attached hydrogen (secondary N) is 1. The first-order valence-electron chi connectivity index (χ1n) is 6.90. The molecule has 0 bridgehead atoms. The van der Waals surface area contributed by atoms with Crippen LogP contribution >= 0.6 is 11.6 Å². The molecule has 0 unspecified atom stereocenters. The summed E-state index contributed by atoms with van der Waals surface area (Å²) in [6.07, 6.45) is -2.10. The van der Waals surface area contributed by atoms with Gasteiger partial charge in [0.15, 0.2) is 0 Å². The molecule has 1 aromatic heterocycles. The number of alkyl halides is 3. The van der Waals surface area contributed by atoms with Crippen molar-refractivity contribution in [2.75, 3.05) is 0 Å². The third-order valence-corrected chi connectivity index (χ3v) is 4.03. The summed E-state index contributed by atoms with van der Waals surface area (Å²) in [6, 6.07) is 5.14. The Hall–Kier alpha value is -1.73. The second-order valence-corrected chi connectivity index (χ2v) is 5.85.